The Balaban J connectivity index is 1.91. The van der Waals surface area contributed by atoms with Gasteiger partial charge in [0.05, 0.1) is 6.54 Å². The van der Waals surface area contributed by atoms with Crippen molar-refractivity contribution in [3.63, 3.8) is 0 Å². The molecule has 0 radical (unpaired) electrons. The lowest BCUT2D eigenvalue weighted by Crippen LogP contribution is -2.36. The number of nitrogens with one attached hydrogen (secondary N) is 2. The molecule has 1 saturated carbocycles. The lowest BCUT2D eigenvalue weighted by Gasteiger charge is -2.17. The van der Waals surface area contributed by atoms with Crippen molar-refractivity contribution < 1.29 is 4.79 Å². The smallest absolute Gasteiger partial charge is 0.233 e. The summed E-state index contributed by atoms with van der Waals surface area (Å²) in [7, 11) is 0. The maximum Gasteiger partial charge on any atom is 0.233 e. The summed E-state index contributed by atoms with van der Waals surface area (Å²) in [5.41, 5.74) is 0.345. The van der Waals surface area contributed by atoms with Gasteiger partial charge in [0.15, 0.2) is 0 Å². The summed E-state index contributed by atoms with van der Waals surface area (Å²) in [5, 5.41) is 6.11. The van der Waals surface area contributed by atoms with E-state index < -0.39 is 0 Å². The average Bonchev–Trinajstić information content (AvgIpc) is 2.91. The molecule has 1 rings (SSSR count). The van der Waals surface area contributed by atoms with Gasteiger partial charge < -0.3 is 10.6 Å². The van der Waals surface area contributed by atoms with Crippen LogP contribution in [0, 0.1) is 11.3 Å². The van der Waals surface area contributed by atoms with E-state index in [9.17, 15) is 4.79 Å². The molecule has 15 heavy (non-hydrogen) atoms. The topological polar surface area (TPSA) is 41.1 Å². The largest absolute Gasteiger partial charge is 0.355 e. The van der Waals surface area contributed by atoms with Gasteiger partial charge in [-0.15, -0.1) is 0 Å². The highest BCUT2D eigenvalue weighted by molar-refractivity contribution is 5.77. The van der Waals surface area contributed by atoms with Crippen molar-refractivity contribution in [2.75, 3.05) is 19.6 Å². The standard InChI is InChI=1S/C12H24N2O/c1-12(2,3)6-7-13-9-11(15)14-8-10-4-5-10/h10,13H,4-9H2,1-3H3,(H,14,15). The predicted octanol–water partition coefficient (Wildman–Crippen LogP) is 1.54. The number of carbonyl (C=O) groups is 1. The van der Waals surface area contributed by atoms with E-state index in [0.717, 1.165) is 25.4 Å². The van der Waals surface area contributed by atoms with Crippen LogP contribution in [0.5, 0.6) is 0 Å². The minimum atomic E-state index is 0.135. The van der Waals surface area contributed by atoms with Crippen LogP contribution in [0.25, 0.3) is 0 Å². The lowest BCUT2D eigenvalue weighted by molar-refractivity contribution is -0.120. The molecule has 0 aromatic heterocycles. The third-order valence-electron chi connectivity index (χ3n) is 2.62. The minimum absolute atomic E-state index is 0.135. The van der Waals surface area contributed by atoms with Gasteiger partial charge >= 0.3 is 0 Å². The molecule has 2 N–H and O–H groups in total. The second-order valence-corrected chi connectivity index (χ2v) is 5.73. The maximum atomic E-state index is 11.3. The molecule has 3 nitrogen and oxygen atoms in total. The molecule has 0 bridgehead atoms. The molecule has 3 heteroatoms. The van der Waals surface area contributed by atoms with Gasteiger partial charge in [-0.3, -0.25) is 4.79 Å². The third-order valence-corrected chi connectivity index (χ3v) is 2.62. The molecule has 1 aliphatic carbocycles. The van der Waals surface area contributed by atoms with Crippen LogP contribution in [0.15, 0.2) is 0 Å². The summed E-state index contributed by atoms with van der Waals surface area (Å²) >= 11 is 0. The first-order valence-electron chi connectivity index (χ1n) is 5.95. The summed E-state index contributed by atoms with van der Waals surface area (Å²) in [6.45, 7) is 8.88. The number of hydrogen-bond acceptors (Lipinski definition) is 2. The average molecular weight is 212 g/mol. The second-order valence-electron chi connectivity index (χ2n) is 5.73. The Morgan fingerprint density at radius 3 is 2.53 bits per heavy atom. The molecule has 0 spiro atoms. The van der Waals surface area contributed by atoms with Crippen molar-refractivity contribution in [2.24, 2.45) is 11.3 Å². The summed E-state index contributed by atoms with van der Waals surface area (Å²) in [5.74, 6) is 0.902. The van der Waals surface area contributed by atoms with E-state index in [4.69, 9.17) is 0 Å². The zero-order valence-electron chi connectivity index (χ0n) is 10.2. The molecule has 0 atom stereocenters. The van der Waals surface area contributed by atoms with Crippen LogP contribution in [0.2, 0.25) is 0 Å². The first-order chi connectivity index (χ1) is 6.97. The minimum Gasteiger partial charge on any atom is -0.355 e. The first-order valence-corrected chi connectivity index (χ1v) is 5.95. The van der Waals surface area contributed by atoms with Gasteiger partial charge in [-0.2, -0.15) is 0 Å². The van der Waals surface area contributed by atoms with Crippen LogP contribution in [0.3, 0.4) is 0 Å². The fraction of sp³-hybridized carbons (Fsp3) is 0.917. The van der Waals surface area contributed by atoms with Crippen molar-refractivity contribution in [2.45, 2.75) is 40.0 Å². The zero-order valence-corrected chi connectivity index (χ0v) is 10.2. The van der Waals surface area contributed by atoms with Crippen molar-refractivity contribution in [1.29, 1.82) is 0 Å². The molecule has 0 aromatic carbocycles. The Labute approximate surface area is 93.0 Å². The van der Waals surface area contributed by atoms with Gasteiger partial charge in [0, 0.05) is 6.54 Å². The fourth-order valence-corrected chi connectivity index (χ4v) is 1.31. The van der Waals surface area contributed by atoms with Crippen molar-refractivity contribution >= 4 is 5.91 Å². The highest BCUT2D eigenvalue weighted by Crippen LogP contribution is 2.27. The van der Waals surface area contributed by atoms with Gasteiger partial charge in [-0.05, 0) is 37.1 Å². The van der Waals surface area contributed by atoms with E-state index >= 15 is 0 Å². The second kappa shape index (κ2) is 5.50. The monoisotopic (exact) mass is 212 g/mol. The van der Waals surface area contributed by atoms with Gasteiger partial charge in [0.2, 0.25) is 5.91 Å². The summed E-state index contributed by atoms with van der Waals surface area (Å²) in [6, 6.07) is 0. The molecule has 0 unspecified atom stereocenters. The predicted molar refractivity (Wildman–Crippen MR) is 62.7 cm³/mol. The van der Waals surface area contributed by atoms with E-state index in [-0.39, 0.29) is 5.91 Å². The van der Waals surface area contributed by atoms with Crippen LogP contribution >= 0.6 is 0 Å². The molecule has 0 aromatic rings. The molecule has 1 amide bonds. The Morgan fingerprint density at radius 2 is 2.00 bits per heavy atom. The Kier molecular flexibility index (Phi) is 4.58. The fourth-order valence-electron chi connectivity index (χ4n) is 1.31. The highest BCUT2D eigenvalue weighted by Gasteiger charge is 2.21. The van der Waals surface area contributed by atoms with Crippen LogP contribution in [0.4, 0.5) is 0 Å². The number of rotatable bonds is 6. The first kappa shape index (κ1) is 12.5. The Bertz CT molecular complexity index is 204. The van der Waals surface area contributed by atoms with E-state index in [2.05, 4.69) is 31.4 Å². The van der Waals surface area contributed by atoms with Gasteiger partial charge in [0.1, 0.15) is 0 Å². The zero-order chi connectivity index (χ0) is 11.3. The number of hydrogen-bond donors (Lipinski definition) is 2. The molecule has 0 aliphatic heterocycles. The molecular formula is C12H24N2O. The van der Waals surface area contributed by atoms with Crippen LogP contribution < -0.4 is 10.6 Å². The van der Waals surface area contributed by atoms with Gasteiger partial charge in [-0.1, -0.05) is 20.8 Å². The maximum absolute atomic E-state index is 11.3. The van der Waals surface area contributed by atoms with Crippen LogP contribution in [-0.2, 0) is 4.79 Å². The van der Waals surface area contributed by atoms with Gasteiger partial charge in [0.25, 0.3) is 0 Å². The third kappa shape index (κ3) is 7.37. The van der Waals surface area contributed by atoms with Crippen molar-refractivity contribution in [1.82, 2.24) is 10.6 Å². The number of amides is 1. The van der Waals surface area contributed by atoms with Crippen LogP contribution in [-0.4, -0.2) is 25.5 Å². The Morgan fingerprint density at radius 1 is 1.33 bits per heavy atom. The molecule has 88 valence electrons. The lowest BCUT2D eigenvalue weighted by atomic mass is 9.92. The van der Waals surface area contributed by atoms with Crippen LogP contribution in [0.1, 0.15) is 40.0 Å². The van der Waals surface area contributed by atoms with E-state index in [1.807, 2.05) is 0 Å². The Hall–Kier alpha value is -0.570. The summed E-state index contributed by atoms with van der Waals surface area (Å²) < 4.78 is 0. The van der Waals surface area contributed by atoms with Crippen molar-refractivity contribution in [3.05, 3.63) is 0 Å². The number of carbonyl (C=O) groups excluding carboxylic acids is 1. The SMILES string of the molecule is CC(C)(C)CCNCC(=O)NCC1CC1. The van der Waals surface area contributed by atoms with E-state index in [0.29, 0.717) is 12.0 Å². The summed E-state index contributed by atoms with van der Waals surface area (Å²) in [4.78, 5) is 11.3. The van der Waals surface area contributed by atoms with E-state index in [1.54, 1.807) is 0 Å². The highest BCUT2D eigenvalue weighted by atomic mass is 16.1. The molecular weight excluding hydrogens is 188 g/mol. The van der Waals surface area contributed by atoms with Crippen molar-refractivity contribution in [3.8, 4) is 0 Å². The molecule has 1 aliphatic rings. The molecule has 1 fully saturated rings. The molecule has 0 saturated heterocycles. The normalized spacial score (nSPS) is 16.5. The quantitative estimate of drug-likeness (QED) is 0.656. The van der Waals surface area contributed by atoms with Gasteiger partial charge in [-0.25, -0.2) is 0 Å². The molecule has 0 heterocycles. The van der Waals surface area contributed by atoms with E-state index in [1.165, 1.54) is 12.8 Å². The summed E-state index contributed by atoms with van der Waals surface area (Å²) in [6.07, 6.45) is 3.68.